The summed E-state index contributed by atoms with van der Waals surface area (Å²) in [4.78, 5) is 0. The molecule has 0 fully saturated rings. The number of hydrogen-bond acceptors (Lipinski definition) is 3. The van der Waals surface area contributed by atoms with E-state index >= 15 is 0 Å². The number of nitrogens with two attached hydrogens (primary N) is 1. The molecule has 0 aliphatic heterocycles. The molecule has 0 radical (unpaired) electrons. The molecule has 17 heavy (non-hydrogen) atoms. The number of nitrogens with one attached hydrogen (secondary N) is 1. The number of benzene rings is 1. The van der Waals surface area contributed by atoms with E-state index in [1.807, 2.05) is 12.1 Å². The molecule has 3 heteroatoms. The largest absolute Gasteiger partial charge is 0.495 e. The van der Waals surface area contributed by atoms with Gasteiger partial charge in [-0.1, -0.05) is 6.07 Å². The van der Waals surface area contributed by atoms with Crippen molar-refractivity contribution in [1.29, 1.82) is 0 Å². The number of hydrogen-bond donors (Lipinski definition) is 2. The van der Waals surface area contributed by atoms with E-state index in [0.29, 0.717) is 5.69 Å². The Kier molecular flexibility index (Phi) is 4.82. The molecule has 1 aromatic rings. The van der Waals surface area contributed by atoms with Crippen molar-refractivity contribution in [2.24, 2.45) is 0 Å². The van der Waals surface area contributed by atoms with Gasteiger partial charge in [0.2, 0.25) is 0 Å². The minimum Gasteiger partial charge on any atom is -0.495 e. The molecule has 0 aromatic heterocycles. The van der Waals surface area contributed by atoms with Crippen LogP contribution in [-0.2, 0) is 6.42 Å². The zero-order valence-electron chi connectivity index (χ0n) is 11.3. The van der Waals surface area contributed by atoms with Gasteiger partial charge in [0.1, 0.15) is 5.75 Å². The van der Waals surface area contributed by atoms with E-state index < -0.39 is 0 Å². The van der Waals surface area contributed by atoms with Crippen LogP contribution in [-0.4, -0.2) is 19.2 Å². The van der Waals surface area contributed by atoms with Crippen LogP contribution in [0.25, 0.3) is 0 Å². The Morgan fingerprint density at radius 2 is 2.00 bits per heavy atom. The average molecular weight is 236 g/mol. The Morgan fingerprint density at radius 3 is 2.53 bits per heavy atom. The standard InChI is InChI=1S/C14H24N2O/c1-14(2,3)16-9-5-6-11-7-8-13(17-4)12(15)10-11/h7-8,10,16H,5-6,9,15H2,1-4H3. The van der Waals surface area contributed by atoms with Crippen molar-refractivity contribution in [3.8, 4) is 5.75 Å². The summed E-state index contributed by atoms with van der Waals surface area (Å²) in [5.41, 5.74) is 8.04. The van der Waals surface area contributed by atoms with Gasteiger partial charge >= 0.3 is 0 Å². The summed E-state index contributed by atoms with van der Waals surface area (Å²) in [5.74, 6) is 0.751. The van der Waals surface area contributed by atoms with E-state index in [1.165, 1.54) is 5.56 Å². The molecule has 0 amide bonds. The highest BCUT2D eigenvalue weighted by Gasteiger charge is 2.07. The van der Waals surface area contributed by atoms with Gasteiger partial charge < -0.3 is 15.8 Å². The van der Waals surface area contributed by atoms with Crippen molar-refractivity contribution >= 4 is 5.69 Å². The molecule has 0 aliphatic rings. The van der Waals surface area contributed by atoms with Crippen molar-refractivity contribution in [1.82, 2.24) is 5.32 Å². The molecule has 0 spiro atoms. The maximum Gasteiger partial charge on any atom is 0.141 e. The third kappa shape index (κ3) is 5.09. The third-order valence-electron chi connectivity index (χ3n) is 2.59. The summed E-state index contributed by atoms with van der Waals surface area (Å²) < 4.78 is 5.13. The molecular formula is C14H24N2O. The number of nitrogen functional groups attached to an aromatic ring is 1. The molecule has 1 aromatic carbocycles. The fraction of sp³-hybridized carbons (Fsp3) is 0.571. The third-order valence-corrected chi connectivity index (χ3v) is 2.59. The zero-order valence-corrected chi connectivity index (χ0v) is 11.3. The molecule has 0 saturated carbocycles. The van der Waals surface area contributed by atoms with Crippen LogP contribution < -0.4 is 15.8 Å². The van der Waals surface area contributed by atoms with Crippen LogP contribution in [0, 0.1) is 0 Å². The molecule has 0 heterocycles. The monoisotopic (exact) mass is 236 g/mol. The fourth-order valence-electron chi connectivity index (χ4n) is 1.70. The molecule has 0 aliphatic carbocycles. The van der Waals surface area contributed by atoms with E-state index in [0.717, 1.165) is 25.1 Å². The van der Waals surface area contributed by atoms with Gasteiger partial charge in [0, 0.05) is 5.54 Å². The van der Waals surface area contributed by atoms with Gasteiger partial charge in [-0.15, -0.1) is 0 Å². The highest BCUT2D eigenvalue weighted by molar-refractivity contribution is 5.54. The first-order valence-corrected chi connectivity index (χ1v) is 6.10. The number of methoxy groups -OCH3 is 1. The lowest BCUT2D eigenvalue weighted by Gasteiger charge is -2.20. The highest BCUT2D eigenvalue weighted by atomic mass is 16.5. The average Bonchev–Trinajstić information content (AvgIpc) is 2.23. The van der Waals surface area contributed by atoms with Crippen LogP contribution in [0.1, 0.15) is 32.8 Å². The second kappa shape index (κ2) is 5.92. The zero-order chi connectivity index (χ0) is 12.9. The van der Waals surface area contributed by atoms with E-state index in [-0.39, 0.29) is 5.54 Å². The minimum absolute atomic E-state index is 0.193. The van der Waals surface area contributed by atoms with Crippen LogP contribution in [0.4, 0.5) is 5.69 Å². The topological polar surface area (TPSA) is 47.3 Å². The van der Waals surface area contributed by atoms with E-state index in [4.69, 9.17) is 10.5 Å². The Balaban J connectivity index is 2.40. The first kappa shape index (κ1) is 13.8. The van der Waals surface area contributed by atoms with Crippen LogP contribution in [0.3, 0.4) is 0 Å². The van der Waals surface area contributed by atoms with Crippen molar-refractivity contribution in [2.75, 3.05) is 19.4 Å². The molecule has 3 nitrogen and oxygen atoms in total. The predicted octanol–water partition coefficient (Wildman–Crippen LogP) is 2.60. The molecule has 0 bridgehead atoms. The summed E-state index contributed by atoms with van der Waals surface area (Å²) >= 11 is 0. The quantitative estimate of drug-likeness (QED) is 0.610. The second-order valence-electron chi connectivity index (χ2n) is 5.36. The normalized spacial score (nSPS) is 11.5. The van der Waals surface area contributed by atoms with Crippen molar-refractivity contribution in [2.45, 2.75) is 39.2 Å². The minimum atomic E-state index is 0.193. The molecule has 96 valence electrons. The maximum absolute atomic E-state index is 5.86. The molecule has 3 N–H and O–H groups in total. The Hall–Kier alpha value is -1.22. The van der Waals surface area contributed by atoms with Gasteiger partial charge in [0.15, 0.2) is 0 Å². The van der Waals surface area contributed by atoms with E-state index in [1.54, 1.807) is 7.11 Å². The first-order chi connectivity index (χ1) is 7.92. The van der Waals surface area contributed by atoms with Gasteiger partial charge in [-0.3, -0.25) is 0 Å². The predicted molar refractivity (Wildman–Crippen MR) is 73.5 cm³/mol. The SMILES string of the molecule is COc1ccc(CCCNC(C)(C)C)cc1N. The number of rotatable bonds is 5. The summed E-state index contributed by atoms with van der Waals surface area (Å²) in [6.07, 6.45) is 2.15. The molecule has 0 atom stereocenters. The van der Waals surface area contributed by atoms with Crippen molar-refractivity contribution in [3.63, 3.8) is 0 Å². The number of aryl methyl sites for hydroxylation is 1. The summed E-state index contributed by atoms with van der Waals surface area (Å²) in [6.45, 7) is 7.56. The summed E-state index contributed by atoms with van der Waals surface area (Å²) in [7, 11) is 1.64. The highest BCUT2D eigenvalue weighted by Crippen LogP contribution is 2.22. The molecule has 0 unspecified atom stereocenters. The van der Waals surface area contributed by atoms with Crippen LogP contribution >= 0.6 is 0 Å². The Bertz CT molecular complexity index is 356. The molecule has 0 saturated heterocycles. The summed E-state index contributed by atoms with van der Waals surface area (Å²) in [6, 6.07) is 6.00. The summed E-state index contributed by atoms with van der Waals surface area (Å²) in [5, 5.41) is 3.47. The maximum atomic E-state index is 5.86. The molecule has 1 rings (SSSR count). The fourth-order valence-corrected chi connectivity index (χ4v) is 1.70. The van der Waals surface area contributed by atoms with E-state index in [2.05, 4.69) is 32.2 Å². The van der Waals surface area contributed by atoms with Gasteiger partial charge in [-0.2, -0.15) is 0 Å². The van der Waals surface area contributed by atoms with Gasteiger partial charge in [0.05, 0.1) is 12.8 Å². The Labute approximate surface area is 104 Å². The lowest BCUT2D eigenvalue weighted by Crippen LogP contribution is -2.36. The second-order valence-corrected chi connectivity index (χ2v) is 5.36. The van der Waals surface area contributed by atoms with Crippen LogP contribution in [0.15, 0.2) is 18.2 Å². The van der Waals surface area contributed by atoms with Crippen LogP contribution in [0.2, 0.25) is 0 Å². The van der Waals surface area contributed by atoms with Crippen molar-refractivity contribution < 1.29 is 4.74 Å². The van der Waals surface area contributed by atoms with Gasteiger partial charge in [-0.25, -0.2) is 0 Å². The molecular weight excluding hydrogens is 212 g/mol. The smallest absolute Gasteiger partial charge is 0.141 e. The first-order valence-electron chi connectivity index (χ1n) is 6.10. The lowest BCUT2D eigenvalue weighted by atomic mass is 10.1. The van der Waals surface area contributed by atoms with E-state index in [9.17, 15) is 0 Å². The van der Waals surface area contributed by atoms with Crippen molar-refractivity contribution in [3.05, 3.63) is 23.8 Å². The Morgan fingerprint density at radius 1 is 1.29 bits per heavy atom. The number of ether oxygens (including phenoxy) is 1. The van der Waals surface area contributed by atoms with Gasteiger partial charge in [-0.05, 0) is 57.9 Å². The van der Waals surface area contributed by atoms with Gasteiger partial charge in [0.25, 0.3) is 0 Å². The van der Waals surface area contributed by atoms with Crippen LogP contribution in [0.5, 0.6) is 5.75 Å². The number of anilines is 1. The lowest BCUT2D eigenvalue weighted by molar-refractivity contribution is 0.416.